The summed E-state index contributed by atoms with van der Waals surface area (Å²) in [5.41, 5.74) is 2.30. The zero-order valence-electron chi connectivity index (χ0n) is 15.8. The molecular weight excluding hydrogens is 392 g/mol. The largest absolute Gasteiger partial charge is 0.355 e. The number of nitrogens with one attached hydrogen (secondary N) is 1. The van der Waals surface area contributed by atoms with Crippen molar-refractivity contribution < 1.29 is 4.79 Å². The molecule has 146 valence electrons. The topological polar surface area (TPSA) is 59.8 Å². The van der Waals surface area contributed by atoms with Gasteiger partial charge in [-0.1, -0.05) is 65.8 Å². The fourth-order valence-corrected chi connectivity index (χ4v) is 3.94. The molecule has 0 aliphatic carbocycles. The normalized spacial score (nSPS) is 10.8. The molecule has 0 saturated carbocycles. The molecule has 0 aliphatic rings. The number of aromatic nitrogens is 3. The summed E-state index contributed by atoms with van der Waals surface area (Å²) in [6.07, 6.45) is 1.48. The van der Waals surface area contributed by atoms with Gasteiger partial charge in [-0.15, -0.1) is 10.2 Å². The van der Waals surface area contributed by atoms with Crippen molar-refractivity contribution in [1.29, 1.82) is 0 Å². The van der Waals surface area contributed by atoms with Crippen molar-refractivity contribution in [1.82, 2.24) is 20.1 Å². The summed E-state index contributed by atoms with van der Waals surface area (Å²) in [6.45, 7) is 3.42. The number of carbonyl (C=O) groups excluding carboxylic acids is 1. The minimum absolute atomic E-state index is 0.0118. The average Bonchev–Trinajstić information content (AvgIpc) is 3.08. The van der Waals surface area contributed by atoms with Crippen LogP contribution in [0.4, 0.5) is 0 Å². The van der Waals surface area contributed by atoms with E-state index < -0.39 is 0 Å². The number of halogens is 1. The summed E-state index contributed by atoms with van der Waals surface area (Å²) in [5.74, 6) is 1.22. The van der Waals surface area contributed by atoms with Gasteiger partial charge in [0.05, 0.1) is 5.75 Å². The summed E-state index contributed by atoms with van der Waals surface area (Å²) < 4.78 is 2.07. The number of rotatable bonds is 9. The van der Waals surface area contributed by atoms with E-state index in [0.29, 0.717) is 17.3 Å². The lowest BCUT2D eigenvalue weighted by atomic mass is 10.1. The van der Waals surface area contributed by atoms with Crippen LogP contribution in [0.3, 0.4) is 0 Å². The van der Waals surface area contributed by atoms with E-state index in [4.69, 9.17) is 11.6 Å². The van der Waals surface area contributed by atoms with Gasteiger partial charge in [0.2, 0.25) is 5.91 Å². The molecule has 0 unspecified atom stereocenters. The lowest BCUT2D eigenvalue weighted by Gasteiger charge is -2.08. The number of nitrogens with zero attached hydrogens (tertiary/aromatic N) is 3. The fraction of sp³-hybridized carbons (Fsp3) is 0.286. The van der Waals surface area contributed by atoms with Crippen molar-refractivity contribution >= 4 is 29.3 Å². The fourth-order valence-electron chi connectivity index (χ4n) is 2.87. The Morgan fingerprint density at radius 2 is 1.89 bits per heavy atom. The van der Waals surface area contributed by atoms with E-state index in [2.05, 4.69) is 39.1 Å². The molecule has 0 fully saturated rings. The summed E-state index contributed by atoms with van der Waals surface area (Å²) >= 11 is 7.40. The standard InChI is InChI=1S/C21H23ClN4OS/c1-2-26-19(14-16-7-4-3-5-8-16)24-25-21(26)28-15-20(27)23-12-11-17-9-6-10-18(22)13-17/h3-10,13H,2,11-12,14-15H2,1H3,(H,23,27). The Labute approximate surface area is 174 Å². The highest BCUT2D eigenvalue weighted by atomic mass is 35.5. The Balaban J connectivity index is 1.49. The van der Waals surface area contributed by atoms with Crippen LogP contribution in [0, 0.1) is 0 Å². The van der Waals surface area contributed by atoms with Crippen molar-refractivity contribution in [3.63, 3.8) is 0 Å². The first-order chi connectivity index (χ1) is 13.7. The van der Waals surface area contributed by atoms with E-state index in [0.717, 1.165) is 35.9 Å². The molecule has 3 rings (SSSR count). The molecule has 7 heteroatoms. The summed E-state index contributed by atoms with van der Waals surface area (Å²) in [5, 5.41) is 13.0. The maximum absolute atomic E-state index is 12.2. The van der Waals surface area contributed by atoms with Crippen molar-refractivity contribution in [2.24, 2.45) is 0 Å². The Hall–Kier alpha value is -2.31. The first-order valence-corrected chi connectivity index (χ1v) is 10.6. The monoisotopic (exact) mass is 414 g/mol. The molecule has 2 aromatic carbocycles. The van der Waals surface area contributed by atoms with Crippen molar-refractivity contribution in [3.8, 4) is 0 Å². The van der Waals surface area contributed by atoms with Crippen molar-refractivity contribution in [3.05, 3.63) is 76.6 Å². The van der Waals surface area contributed by atoms with Gasteiger partial charge in [-0.25, -0.2) is 0 Å². The van der Waals surface area contributed by atoms with Gasteiger partial charge < -0.3 is 9.88 Å². The second-order valence-electron chi connectivity index (χ2n) is 6.32. The van der Waals surface area contributed by atoms with Crippen LogP contribution in [0.2, 0.25) is 5.02 Å². The molecule has 1 N–H and O–H groups in total. The highest BCUT2D eigenvalue weighted by Gasteiger charge is 2.13. The smallest absolute Gasteiger partial charge is 0.230 e. The van der Waals surface area contributed by atoms with Gasteiger partial charge in [0.25, 0.3) is 0 Å². The first kappa shape index (κ1) is 20.4. The number of hydrogen-bond donors (Lipinski definition) is 1. The Bertz CT molecular complexity index is 914. The van der Waals surface area contributed by atoms with E-state index in [1.54, 1.807) is 0 Å². The third kappa shape index (κ3) is 5.84. The van der Waals surface area contributed by atoms with Crippen LogP contribution in [0.5, 0.6) is 0 Å². The van der Waals surface area contributed by atoms with Crippen LogP contribution in [0.25, 0.3) is 0 Å². The molecule has 0 saturated heterocycles. The van der Waals surface area contributed by atoms with Gasteiger partial charge in [0, 0.05) is 24.5 Å². The zero-order valence-corrected chi connectivity index (χ0v) is 17.3. The minimum atomic E-state index is -0.0118. The van der Waals surface area contributed by atoms with Gasteiger partial charge >= 0.3 is 0 Å². The molecule has 0 aliphatic heterocycles. The van der Waals surface area contributed by atoms with E-state index >= 15 is 0 Å². The minimum Gasteiger partial charge on any atom is -0.355 e. The first-order valence-electron chi connectivity index (χ1n) is 9.25. The third-order valence-corrected chi connectivity index (χ3v) is 5.47. The Morgan fingerprint density at radius 3 is 2.64 bits per heavy atom. The number of benzene rings is 2. The molecule has 0 radical (unpaired) electrons. The van der Waals surface area contributed by atoms with E-state index in [1.807, 2.05) is 42.5 Å². The van der Waals surface area contributed by atoms with Crippen LogP contribution in [-0.4, -0.2) is 33.0 Å². The average molecular weight is 415 g/mol. The number of thioether (sulfide) groups is 1. The van der Waals surface area contributed by atoms with Gasteiger partial charge in [0.1, 0.15) is 5.82 Å². The molecule has 1 amide bonds. The summed E-state index contributed by atoms with van der Waals surface area (Å²) in [7, 11) is 0. The lowest BCUT2D eigenvalue weighted by molar-refractivity contribution is -0.118. The Kier molecular flexibility index (Phi) is 7.51. The molecule has 1 aromatic heterocycles. The molecule has 3 aromatic rings. The van der Waals surface area contributed by atoms with Crippen LogP contribution >= 0.6 is 23.4 Å². The Morgan fingerprint density at radius 1 is 1.11 bits per heavy atom. The van der Waals surface area contributed by atoms with E-state index in [1.165, 1.54) is 17.3 Å². The number of carbonyl (C=O) groups is 1. The molecule has 0 bridgehead atoms. The lowest BCUT2D eigenvalue weighted by Crippen LogP contribution is -2.27. The van der Waals surface area contributed by atoms with Crippen LogP contribution in [0.1, 0.15) is 23.9 Å². The maximum Gasteiger partial charge on any atom is 0.230 e. The predicted molar refractivity (Wildman–Crippen MR) is 114 cm³/mol. The van der Waals surface area contributed by atoms with Gasteiger partial charge in [-0.2, -0.15) is 0 Å². The SMILES string of the molecule is CCn1c(Cc2ccccc2)nnc1SCC(=O)NCCc1cccc(Cl)c1. The predicted octanol–water partition coefficient (Wildman–Crippen LogP) is 3.99. The molecule has 0 atom stereocenters. The van der Waals surface area contributed by atoms with Crippen LogP contribution in [0.15, 0.2) is 59.8 Å². The van der Waals surface area contributed by atoms with Crippen molar-refractivity contribution in [2.75, 3.05) is 12.3 Å². The van der Waals surface area contributed by atoms with Gasteiger partial charge in [-0.3, -0.25) is 4.79 Å². The molecule has 5 nitrogen and oxygen atoms in total. The van der Waals surface area contributed by atoms with E-state index in [-0.39, 0.29) is 5.91 Å². The van der Waals surface area contributed by atoms with Gasteiger partial charge in [-0.05, 0) is 36.6 Å². The number of amides is 1. The maximum atomic E-state index is 12.2. The molecule has 0 spiro atoms. The van der Waals surface area contributed by atoms with Gasteiger partial charge in [0.15, 0.2) is 5.16 Å². The summed E-state index contributed by atoms with van der Waals surface area (Å²) in [4.78, 5) is 12.2. The number of hydrogen-bond acceptors (Lipinski definition) is 4. The zero-order chi connectivity index (χ0) is 19.8. The highest BCUT2D eigenvalue weighted by Crippen LogP contribution is 2.18. The van der Waals surface area contributed by atoms with Crippen molar-refractivity contribution in [2.45, 2.75) is 31.5 Å². The second kappa shape index (κ2) is 10.3. The highest BCUT2D eigenvalue weighted by molar-refractivity contribution is 7.99. The molecule has 1 heterocycles. The molecular formula is C21H23ClN4OS. The van der Waals surface area contributed by atoms with E-state index in [9.17, 15) is 4.79 Å². The van der Waals surface area contributed by atoms with Crippen LogP contribution < -0.4 is 5.32 Å². The molecule has 28 heavy (non-hydrogen) atoms. The third-order valence-electron chi connectivity index (χ3n) is 4.27. The quantitative estimate of drug-likeness (QED) is 0.538. The van der Waals surface area contributed by atoms with Crippen LogP contribution in [-0.2, 0) is 24.2 Å². The second-order valence-corrected chi connectivity index (χ2v) is 7.70. The summed E-state index contributed by atoms with van der Waals surface area (Å²) in [6, 6.07) is 17.9.